The zero-order chi connectivity index (χ0) is 25.5. The number of halogens is 1. The quantitative estimate of drug-likeness (QED) is 0.438. The molecule has 1 saturated heterocycles. The number of carbonyl (C=O) groups is 1. The summed E-state index contributed by atoms with van der Waals surface area (Å²) in [6, 6.07) is 23.1. The fourth-order valence-corrected chi connectivity index (χ4v) is 6.16. The molecule has 8 heteroatoms. The Morgan fingerprint density at radius 3 is 2.19 bits per heavy atom. The molecular formula is C28H31ClN2O4S. The first-order valence-corrected chi connectivity index (χ1v) is 13.9. The summed E-state index contributed by atoms with van der Waals surface area (Å²) in [4.78, 5) is 15.4. The number of methoxy groups -OCH3 is 1. The number of benzene rings is 3. The van der Waals surface area contributed by atoms with Gasteiger partial charge in [0.2, 0.25) is 15.9 Å². The Kier molecular flexibility index (Phi) is 8.67. The van der Waals surface area contributed by atoms with Crippen LogP contribution in [0.3, 0.4) is 0 Å². The fraction of sp³-hybridized carbons (Fsp3) is 0.321. The van der Waals surface area contributed by atoms with E-state index in [1.165, 1.54) is 30.9 Å². The smallest absolute Gasteiger partial charge is 0.241 e. The SMILES string of the molecule is COc1ccc(S(=O)(=O)N[C@H](Cc2ccccc2)C(=O)N2CCC(Cc3ccccc3)CC2)cc1Cl. The van der Waals surface area contributed by atoms with Crippen LogP contribution in [0.25, 0.3) is 0 Å². The maximum atomic E-state index is 13.6. The molecule has 0 aliphatic carbocycles. The Hall–Kier alpha value is -2.87. The van der Waals surface area contributed by atoms with E-state index in [1.54, 1.807) is 4.90 Å². The van der Waals surface area contributed by atoms with Crippen LogP contribution in [0.5, 0.6) is 5.75 Å². The average Bonchev–Trinajstić information content (AvgIpc) is 2.89. The first-order valence-electron chi connectivity index (χ1n) is 12.1. The summed E-state index contributed by atoms with van der Waals surface area (Å²) in [6.45, 7) is 1.22. The van der Waals surface area contributed by atoms with Crippen molar-refractivity contribution in [1.82, 2.24) is 9.62 Å². The van der Waals surface area contributed by atoms with E-state index in [9.17, 15) is 13.2 Å². The topological polar surface area (TPSA) is 75.7 Å². The molecule has 4 rings (SSSR count). The van der Waals surface area contributed by atoms with Crippen LogP contribution in [0.4, 0.5) is 0 Å². The van der Waals surface area contributed by atoms with Crippen molar-refractivity contribution in [2.75, 3.05) is 20.2 Å². The summed E-state index contributed by atoms with van der Waals surface area (Å²) < 4.78 is 34.3. The zero-order valence-corrected chi connectivity index (χ0v) is 21.8. The molecule has 36 heavy (non-hydrogen) atoms. The standard InChI is InChI=1S/C28H31ClN2O4S/c1-35-27-13-12-24(20-25(27)29)36(33,34)30-26(19-22-10-6-3-7-11-22)28(32)31-16-14-23(15-17-31)18-21-8-4-2-5-9-21/h2-13,20,23,26,30H,14-19H2,1H3/t26-/m1/s1. The molecule has 0 saturated carbocycles. The minimum atomic E-state index is -4.00. The number of hydrogen-bond donors (Lipinski definition) is 1. The molecular weight excluding hydrogens is 496 g/mol. The summed E-state index contributed by atoms with van der Waals surface area (Å²) in [5.74, 6) is 0.674. The van der Waals surface area contributed by atoms with Crippen molar-refractivity contribution in [1.29, 1.82) is 0 Å². The number of likely N-dealkylation sites (tertiary alicyclic amines) is 1. The van der Waals surface area contributed by atoms with E-state index in [0.717, 1.165) is 24.8 Å². The van der Waals surface area contributed by atoms with E-state index < -0.39 is 16.1 Å². The van der Waals surface area contributed by atoms with E-state index in [0.29, 0.717) is 24.8 Å². The number of hydrogen-bond acceptors (Lipinski definition) is 4. The van der Waals surface area contributed by atoms with E-state index in [4.69, 9.17) is 16.3 Å². The largest absolute Gasteiger partial charge is 0.495 e. The second-order valence-electron chi connectivity index (χ2n) is 9.12. The lowest BCUT2D eigenvalue weighted by Crippen LogP contribution is -2.51. The average molecular weight is 527 g/mol. The van der Waals surface area contributed by atoms with Gasteiger partial charge in [-0.3, -0.25) is 4.79 Å². The summed E-state index contributed by atoms with van der Waals surface area (Å²) in [5, 5.41) is 0.187. The van der Waals surface area contributed by atoms with Gasteiger partial charge in [0.1, 0.15) is 11.8 Å². The Labute approximate surface area is 218 Å². The van der Waals surface area contributed by atoms with Gasteiger partial charge in [-0.05, 0) is 60.9 Å². The summed E-state index contributed by atoms with van der Waals surface area (Å²) in [5.41, 5.74) is 2.18. The lowest BCUT2D eigenvalue weighted by molar-refractivity contribution is -0.134. The van der Waals surface area contributed by atoms with Crippen LogP contribution in [0.2, 0.25) is 5.02 Å². The van der Waals surface area contributed by atoms with Crippen molar-refractivity contribution in [3.8, 4) is 5.75 Å². The maximum absolute atomic E-state index is 13.6. The van der Waals surface area contributed by atoms with Gasteiger partial charge in [-0.1, -0.05) is 72.3 Å². The van der Waals surface area contributed by atoms with Crippen LogP contribution in [-0.4, -0.2) is 45.5 Å². The second-order valence-corrected chi connectivity index (χ2v) is 11.2. The van der Waals surface area contributed by atoms with Gasteiger partial charge < -0.3 is 9.64 Å². The molecule has 1 heterocycles. The number of rotatable bonds is 9. The Morgan fingerprint density at radius 2 is 1.61 bits per heavy atom. The molecule has 1 aliphatic rings. The lowest BCUT2D eigenvalue weighted by atomic mass is 9.90. The number of piperidine rings is 1. The first kappa shape index (κ1) is 26.2. The second kappa shape index (κ2) is 11.9. The summed E-state index contributed by atoms with van der Waals surface area (Å²) >= 11 is 6.17. The molecule has 0 spiro atoms. The Bertz CT molecular complexity index is 1260. The van der Waals surface area contributed by atoms with Gasteiger partial charge in [-0.25, -0.2) is 8.42 Å². The third-order valence-corrected chi connectivity index (χ3v) is 8.37. The molecule has 190 valence electrons. The van der Waals surface area contributed by atoms with Crippen LogP contribution < -0.4 is 9.46 Å². The molecule has 6 nitrogen and oxygen atoms in total. The maximum Gasteiger partial charge on any atom is 0.241 e. The third-order valence-electron chi connectivity index (χ3n) is 6.61. The highest BCUT2D eigenvalue weighted by Gasteiger charge is 2.32. The molecule has 1 aliphatic heterocycles. The van der Waals surface area contributed by atoms with Gasteiger partial charge in [-0.15, -0.1) is 0 Å². The fourth-order valence-electron chi connectivity index (χ4n) is 4.62. The highest BCUT2D eigenvalue weighted by molar-refractivity contribution is 7.89. The van der Waals surface area contributed by atoms with Gasteiger partial charge in [0.25, 0.3) is 0 Å². The number of nitrogens with one attached hydrogen (secondary N) is 1. The lowest BCUT2D eigenvalue weighted by Gasteiger charge is -2.34. The Balaban J connectivity index is 1.48. The number of sulfonamides is 1. The van der Waals surface area contributed by atoms with Crippen molar-refractivity contribution in [2.45, 2.75) is 36.6 Å². The minimum absolute atomic E-state index is 0.0132. The molecule has 0 radical (unpaired) electrons. The van der Waals surface area contributed by atoms with Crippen LogP contribution in [0.15, 0.2) is 83.8 Å². The monoisotopic (exact) mass is 526 g/mol. The molecule has 1 N–H and O–H groups in total. The van der Waals surface area contributed by atoms with Crippen molar-refractivity contribution >= 4 is 27.5 Å². The van der Waals surface area contributed by atoms with Crippen molar-refractivity contribution in [2.24, 2.45) is 5.92 Å². The molecule has 1 atom stereocenters. The summed E-state index contributed by atoms with van der Waals surface area (Å²) in [6.07, 6.45) is 3.02. The predicted molar refractivity (Wildman–Crippen MR) is 142 cm³/mol. The number of ether oxygens (including phenoxy) is 1. The number of carbonyl (C=O) groups excluding carboxylic acids is 1. The van der Waals surface area contributed by atoms with Crippen LogP contribution in [0.1, 0.15) is 24.0 Å². The van der Waals surface area contributed by atoms with E-state index in [-0.39, 0.29) is 22.2 Å². The van der Waals surface area contributed by atoms with Gasteiger partial charge >= 0.3 is 0 Å². The molecule has 1 amide bonds. The third kappa shape index (κ3) is 6.66. The number of nitrogens with zero attached hydrogens (tertiary/aromatic N) is 1. The molecule has 0 aromatic heterocycles. The van der Waals surface area contributed by atoms with Crippen LogP contribution >= 0.6 is 11.6 Å². The van der Waals surface area contributed by atoms with Gasteiger partial charge in [0, 0.05) is 13.1 Å². The van der Waals surface area contributed by atoms with E-state index >= 15 is 0 Å². The highest BCUT2D eigenvalue weighted by Crippen LogP contribution is 2.27. The zero-order valence-electron chi connectivity index (χ0n) is 20.3. The minimum Gasteiger partial charge on any atom is -0.495 e. The summed E-state index contributed by atoms with van der Waals surface area (Å²) in [7, 11) is -2.54. The normalized spacial score (nSPS) is 15.4. The molecule has 0 bridgehead atoms. The Morgan fingerprint density at radius 1 is 1.00 bits per heavy atom. The number of amides is 1. The molecule has 0 unspecified atom stereocenters. The van der Waals surface area contributed by atoms with Crippen molar-refractivity contribution in [3.05, 3.63) is 95.0 Å². The van der Waals surface area contributed by atoms with E-state index in [2.05, 4.69) is 16.9 Å². The molecule has 1 fully saturated rings. The van der Waals surface area contributed by atoms with Gasteiger partial charge in [0.15, 0.2) is 0 Å². The van der Waals surface area contributed by atoms with Gasteiger partial charge in [-0.2, -0.15) is 4.72 Å². The molecule has 3 aromatic rings. The molecule has 3 aromatic carbocycles. The van der Waals surface area contributed by atoms with Crippen LogP contribution in [-0.2, 0) is 27.7 Å². The highest BCUT2D eigenvalue weighted by atomic mass is 35.5. The van der Waals surface area contributed by atoms with E-state index in [1.807, 2.05) is 48.5 Å². The first-order chi connectivity index (χ1) is 17.4. The van der Waals surface area contributed by atoms with Crippen LogP contribution in [0, 0.1) is 5.92 Å². The van der Waals surface area contributed by atoms with Crippen molar-refractivity contribution in [3.63, 3.8) is 0 Å². The van der Waals surface area contributed by atoms with Gasteiger partial charge in [0.05, 0.1) is 17.0 Å². The van der Waals surface area contributed by atoms with Crippen molar-refractivity contribution < 1.29 is 17.9 Å². The predicted octanol–water partition coefficient (Wildman–Crippen LogP) is 4.72.